The van der Waals surface area contributed by atoms with Gasteiger partial charge in [-0.2, -0.15) is 0 Å². The highest BCUT2D eigenvalue weighted by Crippen LogP contribution is 2.17. The molecule has 0 radical (unpaired) electrons. The molecule has 0 spiro atoms. The van der Waals surface area contributed by atoms with Crippen LogP contribution < -0.4 is 5.32 Å². The number of hydrogen-bond acceptors (Lipinski definition) is 3. The van der Waals surface area contributed by atoms with E-state index in [1.54, 1.807) is 0 Å². The molecule has 100 valence electrons. The number of benzene rings is 1. The molecule has 18 heavy (non-hydrogen) atoms. The van der Waals surface area contributed by atoms with E-state index < -0.39 is 17.8 Å². The summed E-state index contributed by atoms with van der Waals surface area (Å²) in [5.41, 5.74) is -0.133. The van der Waals surface area contributed by atoms with Gasteiger partial charge in [-0.15, -0.1) is 0 Å². The quantitative estimate of drug-likeness (QED) is 0.749. The molecular formula is C13H18FNO3. The fourth-order valence-corrected chi connectivity index (χ4v) is 1.46. The first kappa shape index (κ1) is 14.4. The molecule has 2 atom stereocenters. The largest absolute Gasteiger partial charge is 0.507 e. The number of aromatic hydroxyl groups is 1. The topological polar surface area (TPSA) is 69.6 Å². The van der Waals surface area contributed by atoms with Crippen LogP contribution in [0.1, 0.15) is 30.6 Å². The zero-order chi connectivity index (χ0) is 13.7. The molecule has 3 N–H and O–H groups in total. The molecule has 0 fully saturated rings. The van der Waals surface area contributed by atoms with Crippen molar-refractivity contribution in [3.63, 3.8) is 0 Å². The Balaban J connectivity index is 2.63. The molecule has 1 rings (SSSR count). The molecule has 0 saturated carbocycles. The van der Waals surface area contributed by atoms with Crippen molar-refractivity contribution in [1.29, 1.82) is 0 Å². The van der Waals surface area contributed by atoms with Crippen LogP contribution in [-0.4, -0.2) is 28.8 Å². The van der Waals surface area contributed by atoms with Crippen molar-refractivity contribution in [1.82, 2.24) is 5.32 Å². The minimum absolute atomic E-state index is 0.0615. The molecule has 0 aliphatic rings. The highest BCUT2D eigenvalue weighted by atomic mass is 19.1. The lowest BCUT2D eigenvalue weighted by Crippen LogP contribution is -2.35. The van der Waals surface area contributed by atoms with Gasteiger partial charge >= 0.3 is 0 Å². The van der Waals surface area contributed by atoms with Gasteiger partial charge in [0.25, 0.3) is 5.91 Å². The maximum absolute atomic E-state index is 12.9. The summed E-state index contributed by atoms with van der Waals surface area (Å²) in [5.74, 6) is -1.42. The molecule has 0 aliphatic heterocycles. The third-order valence-corrected chi connectivity index (χ3v) is 2.98. The normalized spacial score (nSPS) is 14.0. The van der Waals surface area contributed by atoms with Gasteiger partial charge < -0.3 is 15.5 Å². The predicted octanol–water partition coefficient (Wildman–Crippen LogP) is 1.67. The van der Waals surface area contributed by atoms with Gasteiger partial charge in [-0.05, 0) is 24.1 Å². The average Bonchev–Trinajstić information content (AvgIpc) is 2.37. The van der Waals surface area contributed by atoms with E-state index >= 15 is 0 Å². The van der Waals surface area contributed by atoms with E-state index in [1.165, 1.54) is 0 Å². The fraction of sp³-hybridized carbons (Fsp3) is 0.462. The fourth-order valence-electron chi connectivity index (χ4n) is 1.46. The molecule has 0 aliphatic carbocycles. The second kappa shape index (κ2) is 6.35. The van der Waals surface area contributed by atoms with Crippen molar-refractivity contribution in [3.8, 4) is 5.75 Å². The summed E-state index contributed by atoms with van der Waals surface area (Å²) < 4.78 is 12.9. The molecular weight excluding hydrogens is 237 g/mol. The smallest absolute Gasteiger partial charge is 0.255 e. The van der Waals surface area contributed by atoms with Gasteiger partial charge in [0.2, 0.25) is 0 Å². The van der Waals surface area contributed by atoms with E-state index in [2.05, 4.69) is 5.32 Å². The molecule has 4 nitrogen and oxygen atoms in total. The number of hydrogen-bond donors (Lipinski definition) is 3. The van der Waals surface area contributed by atoms with Crippen LogP contribution in [0.4, 0.5) is 4.39 Å². The first-order valence-electron chi connectivity index (χ1n) is 5.90. The first-order valence-corrected chi connectivity index (χ1v) is 5.90. The van der Waals surface area contributed by atoms with Crippen LogP contribution >= 0.6 is 0 Å². The van der Waals surface area contributed by atoms with Gasteiger partial charge in [-0.1, -0.05) is 20.3 Å². The summed E-state index contributed by atoms with van der Waals surface area (Å²) in [6.45, 7) is 3.88. The number of nitrogens with one attached hydrogen (secondary N) is 1. The summed E-state index contributed by atoms with van der Waals surface area (Å²) in [5, 5.41) is 21.6. The van der Waals surface area contributed by atoms with Crippen molar-refractivity contribution in [2.75, 3.05) is 6.54 Å². The van der Waals surface area contributed by atoms with Crippen LogP contribution in [0.5, 0.6) is 5.75 Å². The van der Waals surface area contributed by atoms with Crippen LogP contribution in [0.2, 0.25) is 0 Å². The summed E-state index contributed by atoms with van der Waals surface area (Å²) in [6, 6.07) is 3.15. The van der Waals surface area contributed by atoms with Crippen molar-refractivity contribution in [3.05, 3.63) is 29.6 Å². The van der Waals surface area contributed by atoms with Crippen molar-refractivity contribution < 1.29 is 19.4 Å². The maximum Gasteiger partial charge on any atom is 0.255 e. The van der Waals surface area contributed by atoms with Crippen LogP contribution in [0, 0.1) is 11.7 Å². The van der Waals surface area contributed by atoms with E-state index in [4.69, 9.17) is 0 Å². The van der Waals surface area contributed by atoms with Crippen LogP contribution in [-0.2, 0) is 0 Å². The Morgan fingerprint density at radius 2 is 2.17 bits per heavy atom. The summed E-state index contributed by atoms with van der Waals surface area (Å²) in [4.78, 5) is 11.7. The summed E-state index contributed by atoms with van der Waals surface area (Å²) in [7, 11) is 0. The van der Waals surface area contributed by atoms with Crippen LogP contribution in [0.15, 0.2) is 18.2 Å². The molecule has 1 amide bonds. The van der Waals surface area contributed by atoms with E-state index in [-0.39, 0.29) is 23.8 Å². The zero-order valence-corrected chi connectivity index (χ0v) is 10.5. The second-order valence-electron chi connectivity index (χ2n) is 4.32. The van der Waals surface area contributed by atoms with Crippen molar-refractivity contribution >= 4 is 5.91 Å². The molecule has 0 bridgehead atoms. The van der Waals surface area contributed by atoms with Gasteiger partial charge in [0, 0.05) is 6.54 Å². The van der Waals surface area contributed by atoms with Crippen molar-refractivity contribution in [2.24, 2.45) is 5.92 Å². The van der Waals surface area contributed by atoms with E-state index in [0.717, 1.165) is 24.6 Å². The van der Waals surface area contributed by atoms with Gasteiger partial charge in [0.15, 0.2) is 0 Å². The molecule has 5 heteroatoms. The number of carbonyl (C=O) groups is 1. The van der Waals surface area contributed by atoms with Crippen molar-refractivity contribution in [2.45, 2.75) is 26.4 Å². The maximum atomic E-state index is 12.9. The minimum Gasteiger partial charge on any atom is -0.507 e. The summed E-state index contributed by atoms with van der Waals surface area (Å²) >= 11 is 0. The van der Waals surface area contributed by atoms with Gasteiger partial charge in [0.1, 0.15) is 11.6 Å². The number of aliphatic hydroxyl groups excluding tert-OH is 1. The number of phenols is 1. The average molecular weight is 255 g/mol. The molecule has 0 heterocycles. The molecule has 1 aromatic carbocycles. The Morgan fingerprint density at radius 3 is 2.78 bits per heavy atom. The number of phenolic OH excluding ortho intramolecular Hbond substituents is 1. The highest BCUT2D eigenvalue weighted by molar-refractivity contribution is 5.96. The van der Waals surface area contributed by atoms with E-state index in [1.807, 2.05) is 13.8 Å². The van der Waals surface area contributed by atoms with Gasteiger partial charge in [0.05, 0.1) is 11.7 Å². The van der Waals surface area contributed by atoms with Gasteiger partial charge in [-0.3, -0.25) is 4.79 Å². The number of halogens is 1. The number of aliphatic hydroxyl groups is 1. The number of rotatable bonds is 5. The number of carbonyl (C=O) groups excluding carboxylic acids is 1. The van der Waals surface area contributed by atoms with E-state index in [0.29, 0.717) is 0 Å². The highest BCUT2D eigenvalue weighted by Gasteiger charge is 2.16. The monoisotopic (exact) mass is 255 g/mol. The Labute approximate surface area is 105 Å². The number of amides is 1. The van der Waals surface area contributed by atoms with Crippen LogP contribution in [0.3, 0.4) is 0 Å². The Bertz CT molecular complexity index is 423. The molecule has 2 unspecified atom stereocenters. The molecule has 0 saturated heterocycles. The zero-order valence-electron chi connectivity index (χ0n) is 10.5. The summed E-state index contributed by atoms with van der Waals surface area (Å²) in [6.07, 6.45) is 0.136. The Hall–Kier alpha value is -1.62. The lowest BCUT2D eigenvalue weighted by atomic mass is 10.0. The standard InChI is InChI=1S/C13H18FNO3/c1-3-8(2)12(17)7-15-13(18)10-6-9(14)4-5-11(10)16/h4-6,8,12,16-17H,3,7H2,1-2H3,(H,15,18). The minimum atomic E-state index is -0.658. The first-order chi connectivity index (χ1) is 8.45. The molecule has 1 aromatic rings. The van der Waals surface area contributed by atoms with Crippen LogP contribution in [0.25, 0.3) is 0 Å². The second-order valence-corrected chi connectivity index (χ2v) is 4.32. The lowest BCUT2D eigenvalue weighted by molar-refractivity contribution is 0.0847. The Morgan fingerprint density at radius 1 is 1.50 bits per heavy atom. The third kappa shape index (κ3) is 3.70. The SMILES string of the molecule is CCC(C)C(O)CNC(=O)c1cc(F)ccc1O. The van der Waals surface area contributed by atoms with E-state index in [9.17, 15) is 19.4 Å². The molecule has 0 aromatic heterocycles. The third-order valence-electron chi connectivity index (χ3n) is 2.98. The van der Waals surface area contributed by atoms with Gasteiger partial charge in [-0.25, -0.2) is 4.39 Å². The predicted molar refractivity (Wildman–Crippen MR) is 65.9 cm³/mol. The lowest BCUT2D eigenvalue weighted by Gasteiger charge is -2.17. The Kier molecular flexibility index (Phi) is 5.09.